The number of anilines is 1. The van der Waals surface area contributed by atoms with E-state index in [9.17, 15) is 4.79 Å². The highest BCUT2D eigenvalue weighted by Crippen LogP contribution is 2.25. The molecule has 0 aromatic heterocycles. The van der Waals surface area contributed by atoms with E-state index in [4.69, 9.17) is 0 Å². The SMILES string of the molecule is CCCCC(CC)CNC(=O)C1Cc2ccccc2N1. The van der Waals surface area contributed by atoms with Crippen LogP contribution in [0.1, 0.15) is 45.1 Å². The van der Waals surface area contributed by atoms with Gasteiger partial charge in [-0.05, 0) is 24.0 Å². The monoisotopic (exact) mass is 274 g/mol. The number of carbonyl (C=O) groups is 1. The maximum absolute atomic E-state index is 12.2. The Morgan fingerprint density at radius 2 is 2.20 bits per heavy atom. The van der Waals surface area contributed by atoms with Crippen molar-refractivity contribution in [1.82, 2.24) is 5.32 Å². The van der Waals surface area contributed by atoms with Crippen LogP contribution in [0.5, 0.6) is 0 Å². The molecule has 1 amide bonds. The van der Waals surface area contributed by atoms with Crippen LogP contribution in [0.15, 0.2) is 24.3 Å². The Kier molecular flexibility index (Phi) is 5.45. The van der Waals surface area contributed by atoms with Gasteiger partial charge in [0.2, 0.25) is 5.91 Å². The fourth-order valence-corrected chi connectivity index (χ4v) is 2.77. The summed E-state index contributed by atoms with van der Waals surface area (Å²) in [7, 11) is 0. The van der Waals surface area contributed by atoms with Gasteiger partial charge in [0.1, 0.15) is 6.04 Å². The molecule has 0 saturated heterocycles. The van der Waals surface area contributed by atoms with E-state index >= 15 is 0 Å². The molecule has 1 heterocycles. The molecule has 0 aliphatic carbocycles. The first-order valence-electron chi connectivity index (χ1n) is 7.86. The number of hydrogen-bond donors (Lipinski definition) is 2. The van der Waals surface area contributed by atoms with Gasteiger partial charge in [0, 0.05) is 18.7 Å². The first kappa shape index (κ1) is 14.9. The minimum absolute atomic E-state index is 0.101. The summed E-state index contributed by atoms with van der Waals surface area (Å²) in [6.07, 6.45) is 5.63. The lowest BCUT2D eigenvalue weighted by Crippen LogP contribution is -2.40. The van der Waals surface area contributed by atoms with Crippen LogP contribution in [0.4, 0.5) is 5.69 Å². The fraction of sp³-hybridized carbons (Fsp3) is 0.588. The van der Waals surface area contributed by atoms with Gasteiger partial charge in [-0.25, -0.2) is 0 Å². The molecule has 1 aliphatic heterocycles. The van der Waals surface area contributed by atoms with Crippen molar-refractivity contribution in [2.75, 3.05) is 11.9 Å². The van der Waals surface area contributed by atoms with Crippen LogP contribution < -0.4 is 10.6 Å². The van der Waals surface area contributed by atoms with Crippen molar-refractivity contribution in [2.45, 2.75) is 52.0 Å². The molecular formula is C17H26N2O. The molecule has 1 aromatic carbocycles. The predicted octanol–water partition coefficient (Wildman–Crippen LogP) is 3.36. The zero-order chi connectivity index (χ0) is 14.4. The van der Waals surface area contributed by atoms with Gasteiger partial charge in [-0.2, -0.15) is 0 Å². The Morgan fingerprint density at radius 3 is 2.90 bits per heavy atom. The standard InChI is InChI=1S/C17H26N2O/c1-3-5-8-13(4-2)12-18-17(20)16-11-14-9-6-7-10-15(14)19-16/h6-7,9-10,13,16,19H,3-5,8,11-12H2,1-2H3,(H,18,20). The summed E-state index contributed by atoms with van der Waals surface area (Å²) < 4.78 is 0. The van der Waals surface area contributed by atoms with E-state index in [0.29, 0.717) is 5.92 Å². The van der Waals surface area contributed by atoms with Crippen molar-refractivity contribution in [3.05, 3.63) is 29.8 Å². The fourth-order valence-electron chi connectivity index (χ4n) is 2.77. The van der Waals surface area contributed by atoms with E-state index in [2.05, 4.69) is 30.5 Å². The quantitative estimate of drug-likeness (QED) is 0.800. The number of rotatable bonds is 7. The van der Waals surface area contributed by atoms with Gasteiger partial charge in [-0.1, -0.05) is 51.3 Å². The Balaban J connectivity index is 1.79. The van der Waals surface area contributed by atoms with Crippen LogP contribution in [0.3, 0.4) is 0 Å². The largest absolute Gasteiger partial charge is 0.373 e. The lowest BCUT2D eigenvalue weighted by molar-refractivity contribution is -0.121. The third kappa shape index (κ3) is 3.75. The minimum atomic E-state index is -0.101. The van der Waals surface area contributed by atoms with Crippen LogP contribution in [0, 0.1) is 5.92 Å². The Labute approximate surface area is 122 Å². The zero-order valence-electron chi connectivity index (χ0n) is 12.6. The highest BCUT2D eigenvalue weighted by Gasteiger charge is 2.26. The molecule has 0 spiro atoms. The second-order valence-corrected chi connectivity index (χ2v) is 5.72. The van der Waals surface area contributed by atoms with Gasteiger partial charge in [0.15, 0.2) is 0 Å². The molecule has 2 unspecified atom stereocenters. The molecule has 3 nitrogen and oxygen atoms in total. The van der Waals surface area contributed by atoms with Crippen molar-refractivity contribution in [2.24, 2.45) is 5.92 Å². The van der Waals surface area contributed by atoms with Crippen LogP contribution in [-0.4, -0.2) is 18.5 Å². The van der Waals surface area contributed by atoms with Gasteiger partial charge < -0.3 is 10.6 Å². The number of unbranched alkanes of at least 4 members (excludes halogenated alkanes) is 1. The minimum Gasteiger partial charge on any atom is -0.373 e. The summed E-state index contributed by atoms with van der Waals surface area (Å²) >= 11 is 0. The lowest BCUT2D eigenvalue weighted by Gasteiger charge is -2.17. The molecule has 2 rings (SSSR count). The number of hydrogen-bond acceptors (Lipinski definition) is 2. The molecule has 2 N–H and O–H groups in total. The molecule has 0 saturated carbocycles. The second kappa shape index (κ2) is 7.32. The summed E-state index contributed by atoms with van der Waals surface area (Å²) in [6.45, 7) is 5.23. The topological polar surface area (TPSA) is 41.1 Å². The average Bonchev–Trinajstić information content (AvgIpc) is 2.91. The van der Waals surface area contributed by atoms with Crippen LogP contribution in [0.25, 0.3) is 0 Å². The maximum atomic E-state index is 12.2. The predicted molar refractivity (Wildman–Crippen MR) is 83.9 cm³/mol. The number of fused-ring (bicyclic) bond motifs is 1. The van der Waals surface area contributed by atoms with Gasteiger partial charge in [-0.3, -0.25) is 4.79 Å². The van der Waals surface area contributed by atoms with E-state index in [-0.39, 0.29) is 11.9 Å². The Bertz CT molecular complexity index is 419. The molecule has 1 aliphatic rings. The molecule has 20 heavy (non-hydrogen) atoms. The van der Waals surface area contributed by atoms with E-state index in [1.54, 1.807) is 0 Å². The number of carbonyl (C=O) groups excluding carboxylic acids is 1. The Morgan fingerprint density at radius 1 is 1.40 bits per heavy atom. The molecule has 110 valence electrons. The first-order valence-corrected chi connectivity index (χ1v) is 7.86. The van der Waals surface area contributed by atoms with Crippen molar-refractivity contribution in [3.63, 3.8) is 0 Å². The first-order chi connectivity index (χ1) is 9.74. The average molecular weight is 274 g/mol. The molecule has 2 atom stereocenters. The van der Waals surface area contributed by atoms with Crippen LogP contribution in [-0.2, 0) is 11.2 Å². The highest BCUT2D eigenvalue weighted by molar-refractivity contribution is 5.87. The molecule has 0 fully saturated rings. The maximum Gasteiger partial charge on any atom is 0.242 e. The third-order valence-electron chi connectivity index (χ3n) is 4.20. The van der Waals surface area contributed by atoms with Crippen molar-refractivity contribution >= 4 is 11.6 Å². The Hall–Kier alpha value is -1.51. The van der Waals surface area contributed by atoms with Gasteiger partial charge >= 0.3 is 0 Å². The normalized spacial score (nSPS) is 18.2. The van der Waals surface area contributed by atoms with Gasteiger partial charge in [0.25, 0.3) is 0 Å². The van der Waals surface area contributed by atoms with Crippen molar-refractivity contribution in [3.8, 4) is 0 Å². The molecule has 0 radical (unpaired) electrons. The van der Waals surface area contributed by atoms with Crippen molar-refractivity contribution < 1.29 is 4.79 Å². The molecule has 1 aromatic rings. The summed E-state index contributed by atoms with van der Waals surface area (Å²) in [5.41, 5.74) is 2.34. The van der Waals surface area contributed by atoms with Crippen LogP contribution in [0.2, 0.25) is 0 Å². The smallest absolute Gasteiger partial charge is 0.242 e. The summed E-state index contributed by atoms with van der Waals surface area (Å²) in [5, 5.41) is 6.43. The zero-order valence-corrected chi connectivity index (χ0v) is 12.6. The van der Waals surface area contributed by atoms with E-state index < -0.39 is 0 Å². The van der Waals surface area contributed by atoms with Gasteiger partial charge in [0.05, 0.1) is 0 Å². The number of para-hydroxylation sites is 1. The molecule has 3 heteroatoms. The van der Waals surface area contributed by atoms with E-state index in [0.717, 1.165) is 25.1 Å². The number of amides is 1. The van der Waals surface area contributed by atoms with Crippen LogP contribution >= 0.6 is 0 Å². The summed E-state index contributed by atoms with van der Waals surface area (Å²) in [5.74, 6) is 0.749. The second-order valence-electron chi connectivity index (χ2n) is 5.72. The molecular weight excluding hydrogens is 248 g/mol. The number of benzene rings is 1. The molecule has 0 bridgehead atoms. The third-order valence-corrected chi connectivity index (χ3v) is 4.20. The number of nitrogens with one attached hydrogen (secondary N) is 2. The van der Waals surface area contributed by atoms with E-state index in [1.165, 1.54) is 24.8 Å². The van der Waals surface area contributed by atoms with E-state index in [1.807, 2.05) is 18.2 Å². The summed E-state index contributed by atoms with van der Waals surface area (Å²) in [6, 6.07) is 8.06. The van der Waals surface area contributed by atoms with Gasteiger partial charge in [-0.15, -0.1) is 0 Å². The summed E-state index contributed by atoms with van der Waals surface area (Å²) in [4.78, 5) is 12.2. The highest BCUT2D eigenvalue weighted by atomic mass is 16.2. The van der Waals surface area contributed by atoms with Crippen molar-refractivity contribution in [1.29, 1.82) is 0 Å². The lowest BCUT2D eigenvalue weighted by atomic mass is 9.99.